The number of hydrogen-bond acceptors (Lipinski definition) is 5. The van der Waals surface area contributed by atoms with Crippen molar-refractivity contribution in [1.29, 1.82) is 0 Å². The van der Waals surface area contributed by atoms with Crippen molar-refractivity contribution in [3.63, 3.8) is 0 Å². The fraction of sp³-hybridized carbons (Fsp3) is 0.467. The van der Waals surface area contributed by atoms with Crippen LogP contribution in [0.1, 0.15) is 28.9 Å². The summed E-state index contributed by atoms with van der Waals surface area (Å²) in [6, 6.07) is 2.33. The van der Waals surface area contributed by atoms with Gasteiger partial charge < -0.3 is 10.2 Å². The third-order valence-corrected chi connectivity index (χ3v) is 4.14. The molecule has 25 heavy (non-hydrogen) atoms. The summed E-state index contributed by atoms with van der Waals surface area (Å²) in [5, 5.41) is 10.8. The Balaban J connectivity index is 1.74. The number of halogens is 3. The maximum Gasteiger partial charge on any atom is 0.417 e. The summed E-state index contributed by atoms with van der Waals surface area (Å²) in [4.78, 5) is 17.9. The summed E-state index contributed by atoms with van der Waals surface area (Å²) in [7, 11) is 1.85. The van der Waals surface area contributed by atoms with Crippen LogP contribution in [0.4, 0.5) is 13.2 Å². The third kappa shape index (κ3) is 3.78. The Morgan fingerprint density at radius 2 is 2.16 bits per heavy atom. The van der Waals surface area contributed by atoms with Gasteiger partial charge in [-0.1, -0.05) is 5.21 Å². The molecule has 1 aliphatic heterocycles. The first-order chi connectivity index (χ1) is 11.9. The molecule has 0 aliphatic carbocycles. The van der Waals surface area contributed by atoms with Gasteiger partial charge in [-0.15, -0.1) is 5.10 Å². The Labute approximate surface area is 141 Å². The minimum absolute atomic E-state index is 0.137. The fourth-order valence-corrected chi connectivity index (χ4v) is 2.72. The number of pyridine rings is 1. The number of nitrogens with one attached hydrogen (secondary N) is 1. The molecule has 1 aliphatic rings. The van der Waals surface area contributed by atoms with Crippen molar-refractivity contribution >= 4 is 5.91 Å². The maximum absolute atomic E-state index is 12.6. The van der Waals surface area contributed by atoms with Gasteiger partial charge in [0.15, 0.2) is 11.5 Å². The average molecular weight is 354 g/mol. The van der Waals surface area contributed by atoms with Crippen LogP contribution in [-0.4, -0.2) is 57.0 Å². The monoisotopic (exact) mass is 354 g/mol. The number of amides is 1. The van der Waals surface area contributed by atoms with Crippen molar-refractivity contribution in [2.75, 3.05) is 20.1 Å². The van der Waals surface area contributed by atoms with Gasteiger partial charge in [-0.25, -0.2) is 9.67 Å². The lowest BCUT2D eigenvalue weighted by atomic mass is 10.1. The molecular formula is C15H17F3N6O. The highest BCUT2D eigenvalue weighted by atomic mass is 19.4. The van der Waals surface area contributed by atoms with Gasteiger partial charge in [0.05, 0.1) is 11.8 Å². The molecule has 7 nitrogen and oxygen atoms in total. The largest absolute Gasteiger partial charge is 0.417 e. The molecule has 3 rings (SSSR count). The minimum atomic E-state index is -4.45. The molecule has 134 valence electrons. The van der Waals surface area contributed by atoms with Gasteiger partial charge in [-0.2, -0.15) is 13.2 Å². The van der Waals surface area contributed by atoms with Gasteiger partial charge in [0, 0.05) is 25.3 Å². The topological polar surface area (TPSA) is 75.9 Å². The van der Waals surface area contributed by atoms with E-state index in [4.69, 9.17) is 0 Å². The van der Waals surface area contributed by atoms with Crippen molar-refractivity contribution in [2.24, 2.45) is 0 Å². The van der Waals surface area contributed by atoms with E-state index in [9.17, 15) is 18.0 Å². The first kappa shape index (κ1) is 17.3. The molecule has 0 aromatic carbocycles. The van der Waals surface area contributed by atoms with E-state index in [1.165, 1.54) is 16.9 Å². The van der Waals surface area contributed by atoms with Crippen LogP contribution in [0, 0.1) is 0 Å². The molecule has 0 radical (unpaired) electrons. The number of hydrogen-bond donors (Lipinski definition) is 1. The smallest absolute Gasteiger partial charge is 0.336 e. The molecule has 0 spiro atoms. The SMILES string of the molecule is CNC1CCCN(C(=O)c2cn(-c3ccc(C(F)(F)F)cn3)nn2)C1. The van der Waals surface area contributed by atoms with Crippen LogP contribution in [0.25, 0.3) is 5.82 Å². The molecule has 1 atom stereocenters. The number of likely N-dealkylation sites (N-methyl/N-ethyl adjacent to an activating group) is 1. The first-order valence-electron chi connectivity index (χ1n) is 7.81. The van der Waals surface area contributed by atoms with E-state index >= 15 is 0 Å². The second-order valence-electron chi connectivity index (χ2n) is 5.83. The summed E-state index contributed by atoms with van der Waals surface area (Å²) in [5.74, 6) is -0.0931. The summed E-state index contributed by atoms with van der Waals surface area (Å²) in [5.41, 5.74) is -0.711. The number of rotatable bonds is 3. The first-order valence-corrected chi connectivity index (χ1v) is 7.81. The number of alkyl halides is 3. The Kier molecular flexibility index (Phi) is 4.71. The molecule has 1 saturated heterocycles. The van der Waals surface area contributed by atoms with E-state index in [0.717, 1.165) is 25.1 Å². The number of nitrogens with zero attached hydrogens (tertiary/aromatic N) is 5. The van der Waals surface area contributed by atoms with Crippen molar-refractivity contribution in [1.82, 2.24) is 30.2 Å². The highest BCUT2D eigenvalue weighted by molar-refractivity contribution is 5.92. The van der Waals surface area contributed by atoms with Gasteiger partial charge >= 0.3 is 6.18 Å². The second kappa shape index (κ2) is 6.79. The van der Waals surface area contributed by atoms with Gasteiger partial charge in [0.2, 0.25) is 0 Å². The van der Waals surface area contributed by atoms with Gasteiger partial charge in [-0.05, 0) is 32.0 Å². The molecule has 1 unspecified atom stereocenters. The molecule has 1 amide bonds. The Morgan fingerprint density at radius 3 is 2.80 bits per heavy atom. The molecule has 2 aromatic rings. The fourth-order valence-electron chi connectivity index (χ4n) is 2.72. The summed E-state index contributed by atoms with van der Waals surface area (Å²) in [6.07, 6.45) is -0.455. The number of carbonyl (C=O) groups is 1. The molecule has 0 bridgehead atoms. The van der Waals surface area contributed by atoms with E-state index in [1.54, 1.807) is 4.90 Å². The van der Waals surface area contributed by atoms with Crippen LogP contribution in [0.2, 0.25) is 0 Å². The lowest BCUT2D eigenvalue weighted by Crippen LogP contribution is -2.47. The van der Waals surface area contributed by atoms with E-state index in [-0.39, 0.29) is 23.5 Å². The van der Waals surface area contributed by atoms with Crippen molar-refractivity contribution in [2.45, 2.75) is 25.1 Å². The zero-order chi connectivity index (χ0) is 18.0. The molecular weight excluding hydrogens is 337 g/mol. The van der Waals surface area contributed by atoms with Crippen LogP contribution in [0.3, 0.4) is 0 Å². The highest BCUT2D eigenvalue weighted by Gasteiger charge is 2.31. The van der Waals surface area contributed by atoms with E-state index in [2.05, 4.69) is 20.6 Å². The van der Waals surface area contributed by atoms with E-state index < -0.39 is 11.7 Å². The van der Waals surface area contributed by atoms with Crippen molar-refractivity contribution in [3.05, 3.63) is 35.8 Å². The molecule has 10 heteroatoms. The van der Waals surface area contributed by atoms with Crippen LogP contribution < -0.4 is 5.32 Å². The lowest BCUT2D eigenvalue weighted by Gasteiger charge is -2.31. The van der Waals surface area contributed by atoms with E-state index in [1.807, 2.05) is 7.05 Å². The predicted molar refractivity (Wildman–Crippen MR) is 82.1 cm³/mol. The highest BCUT2D eigenvalue weighted by Crippen LogP contribution is 2.28. The Morgan fingerprint density at radius 1 is 1.36 bits per heavy atom. The van der Waals surface area contributed by atoms with Crippen molar-refractivity contribution in [3.8, 4) is 5.82 Å². The number of carbonyl (C=O) groups excluding carboxylic acids is 1. The Hall–Kier alpha value is -2.49. The molecule has 2 aromatic heterocycles. The standard InChI is InChI=1S/C15H17F3N6O/c1-19-11-3-2-6-23(8-11)14(25)12-9-24(22-21-12)13-5-4-10(7-20-13)15(16,17)18/h4-5,7,9,11,19H,2-3,6,8H2,1H3. The molecule has 1 N–H and O–H groups in total. The lowest BCUT2D eigenvalue weighted by molar-refractivity contribution is -0.137. The van der Waals surface area contributed by atoms with E-state index in [0.29, 0.717) is 13.1 Å². The molecule has 1 fully saturated rings. The average Bonchev–Trinajstić information content (AvgIpc) is 3.10. The zero-order valence-electron chi connectivity index (χ0n) is 13.5. The zero-order valence-corrected chi connectivity index (χ0v) is 13.5. The van der Waals surface area contributed by atoms with Crippen LogP contribution in [-0.2, 0) is 6.18 Å². The summed E-state index contributed by atoms with van der Waals surface area (Å²) < 4.78 is 38.9. The number of piperidine rings is 1. The van der Waals surface area contributed by atoms with Gasteiger partial charge in [-0.3, -0.25) is 4.79 Å². The molecule has 0 saturated carbocycles. The van der Waals surface area contributed by atoms with Crippen molar-refractivity contribution < 1.29 is 18.0 Å². The van der Waals surface area contributed by atoms with Crippen LogP contribution >= 0.6 is 0 Å². The minimum Gasteiger partial charge on any atom is -0.336 e. The summed E-state index contributed by atoms with van der Waals surface area (Å²) >= 11 is 0. The van der Waals surface area contributed by atoms with Crippen LogP contribution in [0.5, 0.6) is 0 Å². The second-order valence-corrected chi connectivity index (χ2v) is 5.83. The normalized spacial score (nSPS) is 18.4. The summed E-state index contributed by atoms with van der Waals surface area (Å²) in [6.45, 7) is 1.23. The maximum atomic E-state index is 12.6. The van der Waals surface area contributed by atoms with Gasteiger partial charge in [0.25, 0.3) is 5.91 Å². The number of likely N-dealkylation sites (tertiary alicyclic amines) is 1. The Bertz CT molecular complexity index is 742. The molecule has 3 heterocycles. The number of aromatic nitrogens is 4. The quantitative estimate of drug-likeness (QED) is 0.904. The predicted octanol–water partition coefficient (Wildman–Crippen LogP) is 1.51. The van der Waals surface area contributed by atoms with Crippen LogP contribution in [0.15, 0.2) is 24.5 Å². The van der Waals surface area contributed by atoms with Gasteiger partial charge in [0.1, 0.15) is 0 Å². The third-order valence-electron chi connectivity index (χ3n) is 4.14.